The lowest BCUT2D eigenvalue weighted by Gasteiger charge is -2.22. The van der Waals surface area contributed by atoms with Gasteiger partial charge in [-0.25, -0.2) is 8.78 Å². The number of halogens is 2. The van der Waals surface area contributed by atoms with Crippen molar-refractivity contribution < 1.29 is 28.0 Å². The summed E-state index contributed by atoms with van der Waals surface area (Å²) in [5.41, 5.74) is 4.87. The zero-order valence-electron chi connectivity index (χ0n) is 13.9. The first kappa shape index (κ1) is 19.8. The van der Waals surface area contributed by atoms with Crippen LogP contribution in [0.15, 0.2) is 42.5 Å². The fourth-order valence-corrected chi connectivity index (χ4v) is 2.21. The summed E-state index contributed by atoms with van der Waals surface area (Å²) in [5, 5.41) is 11.0. The molecule has 142 valence electrons. The number of rotatable bonds is 8. The van der Waals surface area contributed by atoms with Crippen molar-refractivity contribution in [3.8, 4) is 5.75 Å². The summed E-state index contributed by atoms with van der Waals surface area (Å²) in [5.74, 6) is -3.04. The molecule has 10 heteroatoms. The van der Waals surface area contributed by atoms with E-state index in [1.165, 1.54) is 12.1 Å². The Hall–Kier alpha value is -3.56. The van der Waals surface area contributed by atoms with Crippen molar-refractivity contribution in [2.45, 2.75) is 6.42 Å². The molecule has 0 unspecified atom stereocenters. The van der Waals surface area contributed by atoms with Crippen molar-refractivity contribution in [1.29, 1.82) is 0 Å². The van der Waals surface area contributed by atoms with Crippen LogP contribution in [0.1, 0.15) is 6.42 Å². The molecule has 2 rings (SSSR count). The Bertz CT molecular complexity index is 858. The molecule has 0 fully saturated rings. The molecule has 0 aliphatic rings. The predicted octanol–water partition coefficient (Wildman–Crippen LogP) is 2.16. The topological polar surface area (TPSA) is 116 Å². The molecule has 0 aromatic heterocycles. The summed E-state index contributed by atoms with van der Waals surface area (Å²) in [6.45, 7) is -0.769. The average Bonchev–Trinajstić information content (AvgIpc) is 2.61. The third-order valence-electron chi connectivity index (χ3n) is 3.49. The van der Waals surface area contributed by atoms with Crippen LogP contribution in [-0.2, 0) is 9.59 Å². The van der Waals surface area contributed by atoms with E-state index in [1.807, 2.05) is 0 Å². The van der Waals surface area contributed by atoms with Gasteiger partial charge in [0.15, 0.2) is 6.61 Å². The SMILES string of the molecule is NC(=O)CCN(C(=O)COc1cc(F)ccc1[N+](=O)[O-])c1ccc(F)cc1. The van der Waals surface area contributed by atoms with Crippen LogP contribution < -0.4 is 15.4 Å². The van der Waals surface area contributed by atoms with Crippen molar-refractivity contribution >= 4 is 23.2 Å². The largest absolute Gasteiger partial charge is 0.477 e. The highest BCUT2D eigenvalue weighted by Gasteiger charge is 2.21. The van der Waals surface area contributed by atoms with Crippen molar-refractivity contribution in [2.75, 3.05) is 18.1 Å². The lowest BCUT2D eigenvalue weighted by atomic mass is 10.2. The van der Waals surface area contributed by atoms with E-state index in [0.29, 0.717) is 0 Å². The van der Waals surface area contributed by atoms with Crippen LogP contribution in [0.3, 0.4) is 0 Å². The number of benzene rings is 2. The van der Waals surface area contributed by atoms with E-state index in [1.54, 1.807) is 0 Å². The minimum Gasteiger partial charge on any atom is -0.477 e. The number of hydrogen-bond acceptors (Lipinski definition) is 5. The van der Waals surface area contributed by atoms with Gasteiger partial charge in [-0.2, -0.15) is 0 Å². The molecule has 0 radical (unpaired) electrons. The van der Waals surface area contributed by atoms with Crippen LogP contribution >= 0.6 is 0 Å². The first-order valence-electron chi connectivity index (χ1n) is 7.69. The Morgan fingerprint density at radius 2 is 1.74 bits per heavy atom. The number of primary amides is 1. The number of carbonyl (C=O) groups excluding carboxylic acids is 2. The minimum atomic E-state index is -0.774. The number of anilines is 1. The van der Waals surface area contributed by atoms with E-state index in [9.17, 15) is 28.5 Å². The molecule has 0 saturated heterocycles. The standard InChI is InChI=1S/C17H15F2N3O5/c18-11-1-4-13(5-2-11)21(8-7-16(20)23)17(24)10-27-15-9-12(19)3-6-14(15)22(25)26/h1-6,9H,7-8,10H2,(H2,20,23). The van der Waals surface area contributed by atoms with E-state index in [2.05, 4.69) is 0 Å². The van der Waals surface area contributed by atoms with Gasteiger partial charge in [0.05, 0.1) is 4.92 Å². The summed E-state index contributed by atoms with van der Waals surface area (Å²) < 4.78 is 31.5. The molecular weight excluding hydrogens is 364 g/mol. The number of ether oxygens (including phenoxy) is 1. The predicted molar refractivity (Wildman–Crippen MR) is 91.1 cm³/mol. The molecule has 2 aromatic carbocycles. The molecule has 0 aliphatic carbocycles. The van der Waals surface area contributed by atoms with Crippen LogP contribution in [0.25, 0.3) is 0 Å². The van der Waals surface area contributed by atoms with Crippen molar-refractivity contribution in [1.82, 2.24) is 0 Å². The Kier molecular flexibility index (Phi) is 6.36. The Morgan fingerprint density at radius 1 is 1.11 bits per heavy atom. The highest BCUT2D eigenvalue weighted by atomic mass is 19.1. The quantitative estimate of drug-likeness (QED) is 0.557. The number of amides is 2. The molecular formula is C17H15F2N3O5. The molecule has 0 saturated carbocycles. The number of carbonyl (C=O) groups is 2. The van der Waals surface area contributed by atoms with Crippen LogP contribution in [0.2, 0.25) is 0 Å². The first-order valence-corrected chi connectivity index (χ1v) is 7.69. The fourth-order valence-electron chi connectivity index (χ4n) is 2.21. The number of nitrogens with two attached hydrogens (primary N) is 1. The minimum absolute atomic E-state index is 0.103. The molecule has 2 N–H and O–H groups in total. The first-order chi connectivity index (χ1) is 12.8. The second-order valence-electron chi connectivity index (χ2n) is 5.40. The van der Waals surface area contributed by atoms with Gasteiger partial charge >= 0.3 is 5.69 Å². The normalized spacial score (nSPS) is 10.3. The molecule has 8 nitrogen and oxygen atoms in total. The number of hydrogen-bond donors (Lipinski definition) is 1. The van der Waals surface area contributed by atoms with Crippen molar-refractivity contribution in [2.24, 2.45) is 5.73 Å². The van der Waals surface area contributed by atoms with Gasteiger partial charge in [0, 0.05) is 30.8 Å². The monoisotopic (exact) mass is 379 g/mol. The Labute approximate surface area is 152 Å². The third-order valence-corrected chi connectivity index (χ3v) is 3.49. The number of nitro groups is 1. The molecule has 0 heterocycles. The summed E-state index contributed by atoms with van der Waals surface area (Å²) in [4.78, 5) is 34.8. The molecule has 0 spiro atoms. The van der Waals surface area contributed by atoms with Crippen LogP contribution in [0, 0.1) is 21.7 Å². The van der Waals surface area contributed by atoms with Gasteiger partial charge < -0.3 is 15.4 Å². The summed E-state index contributed by atoms with van der Waals surface area (Å²) >= 11 is 0. The van der Waals surface area contributed by atoms with E-state index in [-0.39, 0.29) is 18.7 Å². The lowest BCUT2D eigenvalue weighted by molar-refractivity contribution is -0.385. The zero-order chi connectivity index (χ0) is 20.0. The van der Waals surface area contributed by atoms with Gasteiger partial charge in [0.1, 0.15) is 11.6 Å². The molecule has 0 bridgehead atoms. The maximum absolute atomic E-state index is 13.3. The third kappa shape index (κ3) is 5.46. The van der Waals surface area contributed by atoms with Gasteiger partial charge in [0.2, 0.25) is 11.7 Å². The van der Waals surface area contributed by atoms with Crippen LogP contribution in [0.5, 0.6) is 5.75 Å². The maximum atomic E-state index is 13.3. The van der Waals surface area contributed by atoms with Crippen LogP contribution in [0.4, 0.5) is 20.2 Å². The highest BCUT2D eigenvalue weighted by molar-refractivity contribution is 5.95. The van der Waals surface area contributed by atoms with Crippen LogP contribution in [-0.4, -0.2) is 29.9 Å². The van der Waals surface area contributed by atoms with Gasteiger partial charge in [-0.15, -0.1) is 0 Å². The van der Waals surface area contributed by atoms with Gasteiger partial charge in [-0.3, -0.25) is 19.7 Å². The van der Waals surface area contributed by atoms with Gasteiger partial charge in [-0.1, -0.05) is 0 Å². The average molecular weight is 379 g/mol. The summed E-state index contributed by atoms with van der Waals surface area (Å²) in [6, 6.07) is 7.48. The molecule has 2 aromatic rings. The smallest absolute Gasteiger partial charge is 0.311 e. The maximum Gasteiger partial charge on any atom is 0.311 e. The molecule has 27 heavy (non-hydrogen) atoms. The van der Waals surface area contributed by atoms with Gasteiger partial charge in [-0.05, 0) is 30.3 Å². The van der Waals surface area contributed by atoms with Gasteiger partial charge in [0.25, 0.3) is 5.91 Å². The summed E-state index contributed by atoms with van der Waals surface area (Å²) in [6.07, 6.45) is -0.163. The molecule has 2 amide bonds. The fraction of sp³-hybridized carbons (Fsp3) is 0.176. The van der Waals surface area contributed by atoms with E-state index < -0.39 is 46.4 Å². The Morgan fingerprint density at radius 3 is 2.33 bits per heavy atom. The van der Waals surface area contributed by atoms with E-state index >= 15 is 0 Å². The summed E-state index contributed by atoms with van der Waals surface area (Å²) in [7, 11) is 0. The Balaban J connectivity index is 2.18. The van der Waals surface area contributed by atoms with Crippen molar-refractivity contribution in [3.05, 3.63) is 64.2 Å². The number of nitro benzene ring substituents is 1. The second-order valence-corrected chi connectivity index (χ2v) is 5.40. The molecule has 0 aliphatic heterocycles. The number of nitrogens with zero attached hydrogens (tertiary/aromatic N) is 2. The molecule has 0 atom stereocenters. The van der Waals surface area contributed by atoms with Crippen molar-refractivity contribution in [3.63, 3.8) is 0 Å². The zero-order valence-corrected chi connectivity index (χ0v) is 13.9. The second kappa shape index (κ2) is 8.70. The van der Waals surface area contributed by atoms with E-state index in [0.717, 1.165) is 35.2 Å². The van der Waals surface area contributed by atoms with E-state index in [4.69, 9.17) is 10.5 Å². The lowest BCUT2D eigenvalue weighted by Crippen LogP contribution is -2.37. The highest BCUT2D eigenvalue weighted by Crippen LogP contribution is 2.27.